The van der Waals surface area contributed by atoms with Crippen molar-refractivity contribution in [2.75, 3.05) is 25.2 Å². The molecule has 0 bridgehead atoms. The van der Waals surface area contributed by atoms with Crippen molar-refractivity contribution in [1.29, 1.82) is 0 Å². The van der Waals surface area contributed by atoms with Crippen LogP contribution in [0.2, 0.25) is 0 Å². The first kappa shape index (κ1) is 30.6. The standard InChI is InChI=1S/C19H36N6O7S/c1-33-9-7-11(21)16(28)25-14(10-26)18(30)23-12(4-2-3-8-20)17(29)24-13(19(31)32)5-6-15(22)27/h11-14,26H,2-10,20-21H2,1H3,(H2,22,27)(H,23,30)(H,24,29)(H,25,28)(H,31,32). The summed E-state index contributed by atoms with van der Waals surface area (Å²) in [5.41, 5.74) is 16.3. The molecule has 4 atom stereocenters. The number of amides is 4. The van der Waals surface area contributed by atoms with Crippen molar-refractivity contribution < 1.29 is 34.2 Å². The lowest BCUT2D eigenvalue weighted by molar-refractivity contribution is -0.142. The summed E-state index contributed by atoms with van der Waals surface area (Å²) in [5.74, 6) is -3.71. The minimum Gasteiger partial charge on any atom is -0.480 e. The molecule has 0 aliphatic rings. The summed E-state index contributed by atoms with van der Waals surface area (Å²) in [6, 6.07) is -4.77. The molecular weight excluding hydrogens is 456 g/mol. The summed E-state index contributed by atoms with van der Waals surface area (Å²) < 4.78 is 0. The third-order valence-corrected chi connectivity index (χ3v) is 5.30. The van der Waals surface area contributed by atoms with Gasteiger partial charge in [-0.1, -0.05) is 0 Å². The van der Waals surface area contributed by atoms with Gasteiger partial charge in [0.15, 0.2) is 0 Å². The van der Waals surface area contributed by atoms with Crippen LogP contribution in [0.15, 0.2) is 0 Å². The second kappa shape index (κ2) is 17.1. The van der Waals surface area contributed by atoms with Gasteiger partial charge in [0.05, 0.1) is 12.6 Å². The Balaban J connectivity index is 5.24. The van der Waals surface area contributed by atoms with Crippen LogP contribution in [0.25, 0.3) is 0 Å². The fourth-order valence-electron chi connectivity index (χ4n) is 2.70. The van der Waals surface area contributed by atoms with Crippen molar-refractivity contribution in [3.8, 4) is 0 Å². The van der Waals surface area contributed by atoms with Crippen LogP contribution in [0.4, 0.5) is 0 Å². The highest BCUT2D eigenvalue weighted by molar-refractivity contribution is 7.98. The van der Waals surface area contributed by atoms with E-state index in [4.69, 9.17) is 17.2 Å². The second-order valence-corrected chi connectivity index (χ2v) is 8.37. The largest absolute Gasteiger partial charge is 0.480 e. The van der Waals surface area contributed by atoms with E-state index in [1.165, 1.54) is 11.8 Å². The predicted molar refractivity (Wildman–Crippen MR) is 123 cm³/mol. The lowest BCUT2D eigenvalue weighted by Crippen LogP contribution is -2.58. The number of nitrogens with two attached hydrogens (primary N) is 3. The maximum Gasteiger partial charge on any atom is 0.326 e. The van der Waals surface area contributed by atoms with E-state index in [9.17, 15) is 34.2 Å². The molecule has 0 aromatic heterocycles. The van der Waals surface area contributed by atoms with Crippen LogP contribution in [0.1, 0.15) is 38.5 Å². The fourth-order valence-corrected chi connectivity index (χ4v) is 3.19. The lowest BCUT2D eigenvalue weighted by atomic mass is 10.1. The molecule has 33 heavy (non-hydrogen) atoms. The van der Waals surface area contributed by atoms with Crippen LogP contribution < -0.4 is 33.2 Å². The molecule has 0 heterocycles. The lowest BCUT2D eigenvalue weighted by Gasteiger charge is -2.24. The van der Waals surface area contributed by atoms with Crippen molar-refractivity contribution in [2.24, 2.45) is 17.2 Å². The van der Waals surface area contributed by atoms with Crippen molar-refractivity contribution in [1.82, 2.24) is 16.0 Å². The number of hydrogen-bond acceptors (Lipinski definition) is 9. The van der Waals surface area contributed by atoms with Gasteiger partial charge in [0.25, 0.3) is 0 Å². The molecule has 0 fully saturated rings. The molecule has 13 nitrogen and oxygen atoms in total. The third kappa shape index (κ3) is 13.0. The van der Waals surface area contributed by atoms with E-state index in [1.54, 1.807) is 0 Å². The number of carboxylic acids is 1. The Morgan fingerprint density at radius 3 is 1.97 bits per heavy atom. The molecule has 4 unspecified atom stereocenters. The van der Waals surface area contributed by atoms with Gasteiger partial charge in [-0.2, -0.15) is 11.8 Å². The number of thioether (sulfide) groups is 1. The van der Waals surface area contributed by atoms with Gasteiger partial charge >= 0.3 is 5.97 Å². The quantitative estimate of drug-likeness (QED) is 0.0901. The van der Waals surface area contributed by atoms with Gasteiger partial charge in [0.2, 0.25) is 23.6 Å². The van der Waals surface area contributed by atoms with Gasteiger partial charge in [0, 0.05) is 6.42 Å². The molecule has 0 saturated carbocycles. The molecular formula is C19H36N6O7S. The number of unbranched alkanes of at least 4 members (excludes halogenated alkanes) is 1. The van der Waals surface area contributed by atoms with Gasteiger partial charge in [-0.25, -0.2) is 4.79 Å². The monoisotopic (exact) mass is 492 g/mol. The van der Waals surface area contributed by atoms with Gasteiger partial charge in [-0.15, -0.1) is 0 Å². The summed E-state index contributed by atoms with van der Waals surface area (Å²) in [6.45, 7) is -0.387. The average molecular weight is 493 g/mol. The van der Waals surface area contributed by atoms with Crippen molar-refractivity contribution in [3.63, 3.8) is 0 Å². The number of carboxylic acid groups (broad SMARTS) is 1. The fraction of sp³-hybridized carbons (Fsp3) is 0.737. The Bertz CT molecular complexity index is 667. The zero-order valence-corrected chi connectivity index (χ0v) is 19.6. The highest BCUT2D eigenvalue weighted by Crippen LogP contribution is 2.05. The number of aliphatic carboxylic acids is 1. The van der Waals surface area contributed by atoms with E-state index in [0.717, 1.165) is 0 Å². The van der Waals surface area contributed by atoms with Crippen molar-refractivity contribution in [3.05, 3.63) is 0 Å². The molecule has 4 amide bonds. The first-order valence-electron chi connectivity index (χ1n) is 10.5. The summed E-state index contributed by atoms with van der Waals surface area (Å²) in [6.07, 6.45) is 2.89. The number of carbonyl (C=O) groups excluding carboxylic acids is 4. The van der Waals surface area contributed by atoms with Gasteiger partial charge in [-0.05, 0) is 50.7 Å². The minimum absolute atomic E-state index is 0.135. The van der Waals surface area contributed by atoms with Gasteiger partial charge < -0.3 is 43.4 Å². The SMILES string of the molecule is CSCCC(N)C(=O)NC(CO)C(=O)NC(CCCCN)C(=O)NC(CCC(N)=O)C(=O)O. The van der Waals surface area contributed by atoms with E-state index in [-0.39, 0.29) is 19.3 Å². The highest BCUT2D eigenvalue weighted by Gasteiger charge is 2.30. The maximum atomic E-state index is 12.7. The highest BCUT2D eigenvalue weighted by atomic mass is 32.2. The molecule has 0 aliphatic heterocycles. The van der Waals surface area contributed by atoms with E-state index in [0.29, 0.717) is 31.6 Å². The zero-order valence-electron chi connectivity index (χ0n) is 18.7. The van der Waals surface area contributed by atoms with Crippen molar-refractivity contribution >= 4 is 41.4 Å². The Kier molecular flexibility index (Phi) is 15.9. The third-order valence-electron chi connectivity index (χ3n) is 4.66. The molecule has 0 rings (SSSR count). The Morgan fingerprint density at radius 1 is 0.879 bits per heavy atom. The number of aliphatic hydroxyl groups excluding tert-OH is 1. The molecule has 0 spiro atoms. The normalized spacial score (nSPS) is 14.4. The number of nitrogens with one attached hydrogen (secondary N) is 3. The van der Waals surface area contributed by atoms with E-state index in [1.807, 2.05) is 6.26 Å². The Hall–Kier alpha value is -2.42. The molecule has 0 saturated heterocycles. The molecule has 0 aromatic rings. The Labute approximate surface area is 196 Å². The molecule has 0 radical (unpaired) electrons. The van der Waals surface area contributed by atoms with E-state index < -0.39 is 60.4 Å². The predicted octanol–water partition coefficient (Wildman–Crippen LogP) is -3.01. The number of rotatable bonds is 18. The van der Waals surface area contributed by atoms with Crippen molar-refractivity contribution in [2.45, 2.75) is 62.7 Å². The van der Waals surface area contributed by atoms with Crippen LogP contribution in [0.3, 0.4) is 0 Å². The summed E-state index contributed by atoms with van der Waals surface area (Å²) in [4.78, 5) is 59.8. The van der Waals surface area contributed by atoms with Gasteiger partial charge in [0.1, 0.15) is 18.1 Å². The van der Waals surface area contributed by atoms with E-state index in [2.05, 4.69) is 16.0 Å². The molecule has 0 aromatic carbocycles. The van der Waals surface area contributed by atoms with E-state index >= 15 is 0 Å². The number of carbonyl (C=O) groups is 5. The zero-order chi connectivity index (χ0) is 25.4. The first-order chi connectivity index (χ1) is 15.6. The second-order valence-electron chi connectivity index (χ2n) is 7.38. The number of hydrogen-bond donors (Lipinski definition) is 8. The summed E-state index contributed by atoms with van der Waals surface area (Å²) in [7, 11) is 0. The smallest absolute Gasteiger partial charge is 0.326 e. The maximum absolute atomic E-state index is 12.7. The molecule has 11 N–H and O–H groups in total. The minimum atomic E-state index is -1.39. The molecule has 14 heteroatoms. The summed E-state index contributed by atoms with van der Waals surface area (Å²) in [5, 5.41) is 25.9. The van der Waals surface area contributed by atoms with Crippen LogP contribution in [-0.2, 0) is 24.0 Å². The topological polar surface area (TPSA) is 240 Å². The van der Waals surface area contributed by atoms with Crippen LogP contribution in [-0.4, -0.2) is 89.1 Å². The van der Waals surface area contributed by atoms with Crippen LogP contribution in [0.5, 0.6) is 0 Å². The van der Waals surface area contributed by atoms with Crippen LogP contribution >= 0.6 is 11.8 Å². The summed E-state index contributed by atoms with van der Waals surface area (Å²) >= 11 is 1.50. The molecule has 0 aliphatic carbocycles. The number of primary amides is 1. The van der Waals surface area contributed by atoms with Gasteiger partial charge in [-0.3, -0.25) is 19.2 Å². The first-order valence-corrected chi connectivity index (χ1v) is 11.9. The number of aliphatic hydroxyl groups is 1. The Morgan fingerprint density at radius 2 is 1.45 bits per heavy atom. The molecule has 190 valence electrons. The average Bonchev–Trinajstić information content (AvgIpc) is 2.76. The van der Waals surface area contributed by atoms with Crippen LogP contribution in [0, 0.1) is 0 Å².